The first-order chi connectivity index (χ1) is 11.4. The molecule has 2 aliphatic rings. The minimum atomic E-state index is 0.634. The van der Waals surface area contributed by atoms with E-state index in [-0.39, 0.29) is 0 Å². The highest BCUT2D eigenvalue weighted by Crippen LogP contribution is 2.36. The summed E-state index contributed by atoms with van der Waals surface area (Å²) in [4.78, 5) is 0. The molecule has 0 aromatic heterocycles. The Labute approximate surface area is 229 Å². The van der Waals surface area contributed by atoms with E-state index in [0.29, 0.717) is 12.1 Å². The first-order valence-corrected chi connectivity index (χ1v) is 14.0. The summed E-state index contributed by atoms with van der Waals surface area (Å²) < 4.78 is 13.3. The summed E-state index contributed by atoms with van der Waals surface area (Å²) in [7, 11) is 0. The van der Waals surface area contributed by atoms with Crippen LogP contribution in [0.2, 0.25) is 0 Å². The van der Waals surface area contributed by atoms with Crippen molar-refractivity contribution < 1.29 is 0 Å². The fourth-order valence-corrected chi connectivity index (χ4v) is 7.93. The van der Waals surface area contributed by atoms with Gasteiger partial charge in [0.05, 0.1) is 91.5 Å². The zero-order chi connectivity index (χ0) is 17.7. The lowest BCUT2D eigenvalue weighted by Crippen LogP contribution is -2.53. The van der Waals surface area contributed by atoms with E-state index in [1.54, 1.807) is 0 Å². The van der Waals surface area contributed by atoms with Gasteiger partial charge in [0, 0.05) is 57.8 Å². The molecule has 0 unspecified atom stereocenters. The minimum Gasteiger partial charge on any atom is -0.153 e. The molecular weight excluding hydrogens is 990 g/mol. The lowest BCUT2D eigenvalue weighted by atomic mass is 9.96. The second kappa shape index (κ2) is 12.7. The van der Waals surface area contributed by atoms with Crippen molar-refractivity contribution in [1.29, 1.82) is 0 Å². The highest BCUT2D eigenvalue weighted by atomic mass is 127. The molecule has 0 aliphatic heterocycles. The molecule has 0 heterocycles. The normalized spacial score (nSPS) is 22.0. The third kappa shape index (κ3) is 7.13. The summed E-state index contributed by atoms with van der Waals surface area (Å²) in [5, 5.41) is 0. The van der Waals surface area contributed by atoms with Crippen molar-refractivity contribution in [3.05, 3.63) is 0 Å². The predicted molar refractivity (Wildman–Crippen MR) is 149 cm³/mol. The van der Waals surface area contributed by atoms with Crippen LogP contribution < -0.4 is 0 Å². The first kappa shape index (κ1) is 24.4. The van der Waals surface area contributed by atoms with Crippen LogP contribution in [-0.2, 0) is 0 Å². The Bertz CT molecular complexity index is 336. The second-order valence-electron chi connectivity index (χ2n) is 6.12. The molecule has 0 spiro atoms. The lowest BCUT2D eigenvalue weighted by molar-refractivity contribution is -0.110. The smallest absolute Gasteiger partial charge is 0.0620 e. The maximum absolute atomic E-state index is 2.46. The largest absolute Gasteiger partial charge is 0.153 e. The number of hydrogen-bond donors (Lipinski definition) is 0. The van der Waals surface area contributed by atoms with E-state index in [1.165, 1.54) is 64.2 Å². The van der Waals surface area contributed by atoms with Crippen molar-refractivity contribution in [2.75, 3.05) is 0 Å². The molecule has 0 saturated heterocycles. The standard InChI is InChI=1S/C12H22I6N6/c13-19(11-7-3-1-4-8-11)21(15)23(17)24(18)22(16)20(14)12-9-5-2-6-10-12/h11-12H,1-10H2. The van der Waals surface area contributed by atoms with E-state index in [4.69, 9.17) is 0 Å². The number of halogens is 6. The highest BCUT2D eigenvalue weighted by Gasteiger charge is 2.33. The topological polar surface area (TPSA) is 19.4 Å². The van der Waals surface area contributed by atoms with Crippen molar-refractivity contribution in [3.63, 3.8) is 0 Å². The van der Waals surface area contributed by atoms with Crippen LogP contribution in [0.25, 0.3) is 0 Å². The van der Waals surface area contributed by atoms with Gasteiger partial charge in [0.25, 0.3) is 0 Å². The zero-order valence-electron chi connectivity index (χ0n) is 13.2. The van der Waals surface area contributed by atoms with Gasteiger partial charge in [-0.05, 0) is 25.7 Å². The number of hydrogen-bond acceptors (Lipinski definition) is 6. The van der Waals surface area contributed by atoms with Crippen LogP contribution >= 0.6 is 137 Å². The molecule has 12 heteroatoms. The van der Waals surface area contributed by atoms with Crippen molar-refractivity contribution in [2.45, 2.75) is 76.3 Å². The zero-order valence-corrected chi connectivity index (χ0v) is 26.1. The quantitative estimate of drug-likeness (QED) is 0.153. The molecular formula is C12H22I6N6. The van der Waals surface area contributed by atoms with Crippen LogP contribution in [0.1, 0.15) is 64.2 Å². The third-order valence-corrected chi connectivity index (χ3v) is 14.4. The Morgan fingerprint density at radius 2 is 0.708 bits per heavy atom. The van der Waals surface area contributed by atoms with Gasteiger partial charge in [-0.25, -0.2) is 0 Å². The monoisotopic (exact) mass is 1010 g/mol. The molecule has 24 heavy (non-hydrogen) atoms. The summed E-state index contributed by atoms with van der Waals surface area (Å²) >= 11 is 14.4. The molecule has 2 fully saturated rings. The van der Waals surface area contributed by atoms with E-state index in [1.807, 2.05) is 0 Å². The molecule has 2 aliphatic carbocycles. The van der Waals surface area contributed by atoms with Crippen molar-refractivity contribution in [2.24, 2.45) is 0 Å². The maximum Gasteiger partial charge on any atom is 0.0620 e. The average molecular weight is 1010 g/mol. The SMILES string of the molecule is IN(C1CCCCC1)N(I)N(I)N(I)N(I)N(I)C1CCCCC1. The van der Waals surface area contributed by atoms with Gasteiger partial charge in [0.15, 0.2) is 0 Å². The molecule has 2 saturated carbocycles. The van der Waals surface area contributed by atoms with Gasteiger partial charge < -0.3 is 0 Å². The van der Waals surface area contributed by atoms with E-state index in [2.05, 4.69) is 157 Å². The second-order valence-corrected chi connectivity index (χ2v) is 11.6. The molecule has 6 nitrogen and oxygen atoms in total. The number of rotatable bonds is 7. The van der Waals surface area contributed by atoms with E-state index < -0.39 is 0 Å². The molecule has 0 N–H and O–H groups in total. The summed E-state index contributed by atoms with van der Waals surface area (Å²) in [5.41, 5.74) is 0. The minimum absolute atomic E-state index is 0.634. The summed E-state index contributed by atoms with van der Waals surface area (Å²) in [6.45, 7) is 0. The third-order valence-electron chi connectivity index (χ3n) is 4.48. The Morgan fingerprint density at radius 1 is 0.417 bits per heavy atom. The molecule has 0 atom stereocenters. The summed E-state index contributed by atoms with van der Waals surface area (Å²) in [5.74, 6) is 0. The van der Waals surface area contributed by atoms with Crippen LogP contribution in [-0.4, -0.2) is 31.9 Å². The molecule has 0 aromatic rings. The molecule has 2 rings (SSSR count). The van der Waals surface area contributed by atoms with Crippen LogP contribution in [0.5, 0.6) is 0 Å². The average Bonchev–Trinajstić information content (AvgIpc) is 2.65. The lowest BCUT2D eigenvalue weighted by Gasteiger charge is -2.42. The number of nitrogens with zero attached hydrogens (tertiary/aromatic N) is 6. The maximum atomic E-state index is 2.46. The van der Waals surface area contributed by atoms with Gasteiger partial charge in [-0.3, -0.25) is 0 Å². The van der Waals surface area contributed by atoms with Crippen LogP contribution in [0, 0.1) is 0 Å². The fraction of sp³-hybridized carbons (Fsp3) is 1.00. The van der Waals surface area contributed by atoms with E-state index in [9.17, 15) is 0 Å². The Kier molecular flexibility index (Phi) is 13.0. The first-order valence-electron chi connectivity index (χ1n) is 8.16. The van der Waals surface area contributed by atoms with Gasteiger partial charge in [0.2, 0.25) is 0 Å². The van der Waals surface area contributed by atoms with Crippen LogP contribution in [0.4, 0.5) is 0 Å². The molecule has 0 amide bonds. The van der Waals surface area contributed by atoms with Crippen molar-refractivity contribution >= 4 is 137 Å². The van der Waals surface area contributed by atoms with Gasteiger partial charge in [0.1, 0.15) is 0 Å². The highest BCUT2D eigenvalue weighted by molar-refractivity contribution is 14.1. The van der Waals surface area contributed by atoms with Crippen LogP contribution in [0.3, 0.4) is 0 Å². The molecule has 142 valence electrons. The van der Waals surface area contributed by atoms with E-state index in [0.717, 1.165) is 0 Å². The predicted octanol–water partition coefficient (Wildman–Crippen LogP) is 7.14. The summed E-state index contributed by atoms with van der Waals surface area (Å²) in [6.07, 6.45) is 13.4. The van der Waals surface area contributed by atoms with Gasteiger partial charge in [-0.15, -0.1) is 0 Å². The van der Waals surface area contributed by atoms with E-state index >= 15 is 0 Å². The molecule has 0 aromatic carbocycles. The van der Waals surface area contributed by atoms with Crippen molar-refractivity contribution in [1.82, 2.24) is 19.8 Å². The van der Waals surface area contributed by atoms with Crippen molar-refractivity contribution in [3.8, 4) is 0 Å². The Balaban J connectivity index is 1.89. The fourth-order valence-electron chi connectivity index (χ4n) is 3.12. The summed E-state index contributed by atoms with van der Waals surface area (Å²) in [6, 6.07) is 1.27. The van der Waals surface area contributed by atoms with Gasteiger partial charge >= 0.3 is 0 Å². The molecule has 0 radical (unpaired) electrons. The Morgan fingerprint density at radius 3 is 1.00 bits per heavy atom. The van der Waals surface area contributed by atoms with Gasteiger partial charge in [-0.1, -0.05) is 51.9 Å². The number of hydrazine groups is 5. The molecule has 0 bridgehead atoms. The van der Waals surface area contributed by atoms with Gasteiger partial charge in [-0.2, -0.15) is 6.44 Å². The Hall–Kier alpha value is 4.14. The van der Waals surface area contributed by atoms with Crippen LogP contribution in [0.15, 0.2) is 0 Å².